The molecule has 0 aliphatic carbocycles. The second-order valence-corrected chi connectivity index (χ2v) is 5.40. The van der Waals surface area contributed by atoms with Crippen LogP contribution in [0.2, 0.25) is 0 Å². The van der Waals surface area contributed by atoms with Gasteiger partial charge in [-0.25, -0.2) is 0 Å². The van der Waals surface area contributed by atoms with E-state index in [1.54, 1.807) is 4.90 Å². The molecule has 0 unspecified atom stereocenters. The monoisotopic (exact) mass is 308 g/mol. The van der Waals surface area contributed by atoms with Crippen molar-refractivity contribution in [2.45, 2.75) is 6.42 Å². The van der Waals surface area contributed by atoms with Gasteiger partial charge in [-0.15, -0.1) is 0 Å². The van der Waals surface area contributed by atoms with E-state index >= 15 is 0 Å². The lowest BCUT2D eigenvalue weighted by Gasteiger charge is -2.26. The van der Waals surface area contributed by atoms with E-state index in [-0.39, 0.29) is 11.6 Å². The van der Waals surface area contributed by atoms with Crippen molar-refractivity contribution in [2.24, 2.45) is 0 Å². The highest BCUT2D eigenvalue weighted by Crippen LogP contribution is 2.23. The lowest BCUT2D eigenvalue weighted by Crippen LogP contribution is -2.34. The molecular formula is C18H16N2O3. The Labute approximate surface area is 134 Å². The number of nitrogens with zero attached hydrogens (tertiary/aromatic N) is 2. The minimum Gasteiger partial charge on any atom is -0.335 e. The molecule has 1 amide bonds. The van der Waals surface area contributed by atoms with Gasteiger partial charge in [-0.1, -0.05) is 36.4 Å². The Balaban J connectivity index is 1.70. The Morgan fingerprint density at radius 3 is 2.30 bits per heavy atom. The zero-order chi connectivity index (χ0) is 16.2. The van der Waals surface area contributed by atoms with Crippen molar-refractivity contribution in [3.8, 4) is 0 Å². The second-order valence-electron chi connectivity index (χ2n) is 5.40. The number of amides is 1. The molecule has 1 aliphatic rings. The molecule has 3 rings (SSSR count). The minimum absolute atomic E-state index is 0.00791. The van der Waals surface area contributed by atoms with Crippen LogP contribution < -0.4 is 0 Å². The van der Waals surface area contributed by atoms with Gasteiger partial charge in [0, 0.05) is 30.8 Å². The number of nitro groups is 1. The number of benzene rings is 2. The Morgan fingerprint density at radius 2 is 1.74 bits per heavy atom. The molecule has 1 aliphatic heterocycles. The predicted octanol–water partition coefficient (Wildman–Crippen LogP) is 3.52. The smallest absolute Gasteiger partial charge is 0.269 e. The van der Waals surface area contributed by atoms with Gasteiger partial charge in [-0.05, 0) is 29.7 Å². The van der Waals surface area contributed by atoms with E-state index in [9.17, 15) is 14.9 Å². The summed E-state index contributed by atoms with van der Waals surface area (Å²) in [6.45, 7) is 1.20. The Morgan fingerprint density at radius 1 is 1.04 bits per heavy atom. The first-order valence-corrected chi connectivity index (χ1v) is 7.43. The standard InChI is InChI=1S/C18H16N2O3/c21-18(16-6-8-17(9-7-16)20(22)23)19-12-10-15(11-13-19)14-4-2-1-3-5-14/h1-10H,11-13H2. The number of non-ortho nitro benzene ring substituents is 1. The van der Waals surface area contributed by atoms with Crippen molar-refractivity contribution in [3.63, 3.8) is 0 Å². The first-order valence-electron chi connectivity index (χ1n) is 7.43. The summed E-state index contributed by atoms with van der Waals surface area (Å²) in [6, 6.07) is 15.9. The minimum atomic E-state index is -0.468. The SMILES string of the molecule is O=C(c1ccc([N+](=O)[O-])cc1)N1CC=C(c2ccccc2)CC1. The number of carbonyl (C=O) groups excluding carboxylic acids is 1. The van der Waals surface area contributed by atoms with E-state index in [0.717, 1.165) is 6.42 Å². The van der Waals surface area contributed by atoms with Gasteiger partial charge < -0.3 is 4.90 Å². The molecule has 5 heteroatoms. The third-order valence-electron chi connectivity index (χ3n) is 3.97. The Hall–Kier alpha value is -2.95. The van der Waals surface area contributed by atoms with Crippen LogP contribution in [0, 0.1) is 10.1 Å². The van der Waals surface area contributed by atoms with Crippen molar-refractivity contribution in [1.82, 2.24) is 4.90 Å². The maximum absolute atomic E-state index is 12.5. The number of carbonyl (C=O) groups is 1. The molecule has 0 aromatic heterocycles. The molecule has 0 bridgehead atoms. The average molecular weight is 308 g/mol. The van der Waals surface area contributed by atoms with Crippen LogP contribution in [0.25, 0.3) is 5.57 Å². The first-order chi connectivity index (χ1) is 11.1. The van der Waals surface area contributed by atoms with Gasteiger partial charge in [0.2, 0.25) is 0 Å². The number of nitro benzene ring substituents is 1. The normalized spacial score (nSPS) is 14.3. The summed E-state index contributed by atoms with van der Waals surface area (Å²) in [4.78, 5) is 24.4. The molecule has 0 atom stereocenters. The summed E-state index contributed by atoms with van der Waals surface area (Å²) in [5, 5.41) is 10.7. The van der Waals surface area contributed by atoms with Crippen LogP contribution in [0.5, 0.6) is 0 Å². The van der Waals surface area contributed by atoms with Crippen LogP contribution in [0.3, 0.4) is 0 Å². The van der Waals surface area contributed by atoms with Crippen LogP contribution >= 0.6 is 0 Å². The zero-order valence-corrected chi connectivity index (χ0v) is 12.5. The Bertz CT molecular complexity index is 752. The maximum Gasteiger partial charge on any atom is 0.269 e. The summed E-state index contributed by atoms with van der Waals surface area (Å²) in [5.74, 6) is -0.0942. The van der Waals surface area contributed by atoms with Gasteiger partial charge in [0.25, 0.3) is 11.6 Å². The molecule has 0 saturated carbocycles. The fourth-order valence-corrected chi connectivity index (χ4v) is 2.68. The van der Waals surface area contributed by atoms with E-state index in [4.69, 9.17) is 0 Å². The fraction of sp³-hybridized carbons (Fsp3) is 0.167. The van der Waals surface area contributed by atoms with Crippen molar-refractivity contribution in [2.75, 3.05) is 13.1 Å². The topological polar surface area (TPSA) is 63.4 Å². The maximum atomic E-state index is 12.5. The predicted molar refractivity (Wildman–Crippen MR) is 88.0 cm³/mol. The van der Waals surface area contributed by atoms with E-state index < -0.39 is 4.92 Å². The second kappa shape index (κ2) is 6.44. The largest absolute Gasteiger partial charge is 0.335 e. The van der Waals surface area contributed by atoms with E-state index in [1.807, 2.05) is 18.2 Å². The van der Waals surface area contributed by atoms with E-state index in [2.05, 4.69) is 18.2 Å². The molecule has 0 spiro atoms. The number of rotatable bonds is 3. The van der Waals surface area contributed by atoms with Crippen LogP contribution in [0.15, 0.2) is 60.7 Å². The molecule has 0 fully saturated rings. The highest BCUT2D eigenvalue weighted by Gasteiger charge is 2.19. The number of hydrogen-bond acceptors (Lipinski definition) is 3. The summed E-state index contributed by atoms with van der Waals surface area (Å²) in [5.41, 5.74) is 2.91. The van der Waals surface area contributed by atoms with Gasteiger partial charge in [-0.3, -0.25) is 14.9 Å². The highest BCUT2D eigenvalue weighted by molar-refractivity contribution is 5.95. The molecule has 116 valence electrons. The fourth-order valence-electron chi connectivity index (χ4n) is 2.68. The average Bonchev–Trinajstić information content (AvgIpc) is 2.62. The first kappa shape index (κ1) is 15.0. The van der Waals surface area contributed by atoms with E-state index in [0.29, 0.717) is 18.7 Å². The summed E-state index contributed by atoms with van der Waals surface area (Å²) >= 11 is 0. The van der Waals surface area contributed by atoms with E-state index in [1.165, 1.54) is 35.4 Å². The van der Waals surface area contributed by atoms with Crippen molar-refractivity contribution >= 4 is 17.2 Å². The van der Waals surface area contributed by atoms with Crippen molar-refractivity contribution in [1.29, 1.82) is 0 Å². The highest BCUT2D eigenvalue weighted by atomic mass is 16.6. The molecule has 0 N–H and O–H groups in total. The lowest BCUT2D eigenvalue weighted by atomic mass is 9.99. The number of hydrogen-bond donors (Lipinski definition) is 0. The molecule has 23 heavy (non-hydrogen) atoms. The molecule has 1 heterocycles. The third-order valence-corrected chi connectivity index (χ3v) is 3.97. The molecule has 5 nitrogen and oxygen atoms in total. The Kier molecular flexibility index (Phi) is 4.19. The third kappa shape index (κ3) is 3.29. The molecule has 0 radical (unpaired) electrons. The van der Waals surface area contributed by atoms with Crippen LogP contribution in [-0.4, -0.2) is 28.8 Å². The summed E-state index contributed by atoms with van der Waals surface area (Å²) in [7, 11) is 0. The van der Waals surface area contributed by atoms with Crippen LogP contribution in [-0.2, 0) is 0 Å². The van der Waals surface area contributed by atoms with Gasteiger partial charge in [0.15, 0.2) is 0 Å². The molecule has 2 aromatic carbocycles. The summed E-state index contributed by atoms with van der Waals surface area (Å²) < 4.78 is 0. The quantitative estimate of drug-likeness (QED) is 0.643. The van der Waals surface area contributed by atoms with Gasteiger partial charge in [-0.2, -0.15) is 0 Å². The molecule has 2 aromatic rings. The van der Waals surface area contributed by atoms with Crippen LogP contribution in [0.4, 0.5) is 5.69 Å². The lowest BCUT2D eigenvalue weighted by molar-refractivity contribution is -0.384. The van der Waals surface area contributed by atoms with Crippen molar-refractivity contribution in [3.05, 3.63) is 81.9 Å². The van der Waals surface area contributed by atoms with Crippen molar-refractivity contribution < 1.29 is 9.72 Å². The van der Waals surface area contributed by atoms with Crippen LogP contribution in [0.1, 0.15) is 22.3 Å². The molecule has 0 saturated heterocycles. The molecular weight excluding hydrogens is 292 g/mol. The van der Waals surface area contributed by atoms with Gasteiger partial charge in [0.1, 0.15) is 0 Å². The van der Waals surface area contributed by atoms with Gasteiger partial charge >= 0.3 is 0 Å². The summed E-state index contributed by atoms with van der Waals surface area (Å²) in [6.07, 6.45) is 2.88. The zero-order valence-electron chi connectivity index (χ0n) is 12.5. The van der Waals surface area contributed by atoms with Gasteiger partial charge in [0.05, 0.1) is 4.92 Å².